The van der Waals surface area contributed by atoms with Gasteiger partial charge in [-0.25, -0.2) is 8.42 Å². The fourth-order valence-corrected chi connectivity index (χ4v) is 7.04. The quantitative estimate of drug-likeness (QED) is 0.488. The zero-order valence-electron chi connectivity index (χ0n) is 19.9. The summed E-state index contributed by atoms with van der Waals surface area (Å²) in [4.78, 5) is 2.50. The smallest absolute Gasteiger partial charge is 0.244 e. The fraction of sp³-hybridized carbons (Fsp3) is 0.538. The summed E-state index contributed by atoms with van der Waals surface area (Å²) in [5.41, 5.74) is 1.91. The predicted molar refractivity (Wildman–Crippen MR) is 136 cm³/mol. The Morgan fingerprint density at radius 2 is 1.85 bits per heavy atom. The fourth-order valence-electron chi connectivity index (χ4n) is 5.12. The molecule has 6 nitrogen and oxygen atoms in total. The van der Waals surface area contributed by atoms with Crippen molar-refractivity contribution in [2.24, 2.45) is 11.8 Å². The summed E-state index contributed by atoms with van der Waals surface area (Å²) in [6.07, 6.45) is 4.65. The predicted octanol–water partition coefficient (Wildman–Crippen LogP) is 4.82. The Kier molecular flexibility index (Phi) is 8.88. The summed E-state index contributed by atoms with van der Waals surface area (Å²) in [5.74, 6) is 1.36. The number of methoxy groups -OCH3 is 1. The van der Waals surface area contributed by atoms with Crippen molar-refractivity contribution in [2.75, 3.05) is 51.5 Å². The number of nitrogens with zero attached hydrogens (tertiary/aromatic N) is 2. The van der Waals surface area contributed by atoms with Crippen LogP contribution in [0.5, 0.6) is 0 Å². The standard InChI is InChI=1S/C26H35ClN2O4S/c1-32-17-14-29(19-21-6-3-2-4-7-21)34(30,31)26-10-9-24(18-25(26)27)28-13-5-8-23(20-28)22-11-15-33-16-12-22/h2-4,6-7,9-10,18,22-23H,5,8,11-17,19-20H2,1H3. The first-order valence-electron chi connectivity index (χ1n) is 12.1. The number of ether oxygens (including phenoxy) is 2. The molecule has 4 rings (SSSR count). The van der Waals surface area contributed by atoms with Gasteiger partial charge in [-0.05, 0) is 61.3 Å². The number of hydrogen-bond acceptors (Lipinski definition) is 5. The first-order valence-corrected chi connectivity index (χ1v) is 14.0. The van der Waals surface area contributed by atoms with Gasteiger partial charge in [-0.1, -0.05) is 41.9 Å². The minimum Gasteiger partial charge on any atom is -0.383 e. The van der Waals surface area contributed by atoms with E-state index in [1.165, 1.54) is 10.7 Å². The Morgan fingerprint density at radius 3 is 2.56 bits per heavy atom. The molecule has 0 spiro atoms. The summed E-state index contributed by atoms with van der Waals surface area (Å²) in [5, 5.41) is 0.265. The largest absolute Gasteiger partial charge is 0.383 e. The molecule has 2 aromatic carbocycles. The van der Waals surface area contributed by atoms with Gasteiger partial charge in [0.05, 0.1) is 11.6 Å². The topological polar surface area (TPSA) is 59.1 Å². The second kappa shape index (κ2) is 11.9. The molecule has 2 aromatic rings. The molecule has 2 aliphatic heterocycles. The molecule has 0 saturated carbocycles. The lowest BCUT2D eigenvalue weighted by Gasteiger charge is -2.39. The number of benzene rings is 2. The highest BCUT2D eigenvalue weighted by Gasteiger charge is 2.30. The lowest BCUT2D eigenvalue weighted by molar-refractivity contribution is 0.0438. The first kappa shape index (κ1) is 25.5. The average molecular weight is 507 g/mol. The van der Waals surface area contributed by atoms with Crippen molar-refractivity contribution in [1.82, 2.24) is 4.31 Å². The van der Waals surface area contributed by atoms with Crippen LogP contribution >= 0.6 is 11.6 Å². The van der Waals surface area contributed by atoms with Crippen LogP contribution in [0.1, 0.15) is 31.2 Å². The van der Waals surface area contributed by atoms with Gasteiger partial charge in [0.2, 0.25) is 10.0 Å². The SMILES string of the molecule is COCCN(Cc1ccccc1)S(=O)(=O)c1ccc(N2CCCC(C3CCOCC3)C2)cc1Cl. The molecular weight excluding hydrogens is 472 g/mol. The summed E-state index contributed by atoms with van der Waals surface area (Å²) in [7, 11) is -2.22. The van der Waals surface area contributed by atoms with Crippen molar-refractivity contribution in [1.29, 1.82) is 0 Å². The molecule has 2 heterocycles. The third-order valence-corrected chi connectivity index (χ3v) is 9.36. The van der Waals surface area contributed by atoms with Gasteiger partial charge in [-0.3, -0.25) is 0 Å². The van der Waals surface area contributed by atoms with Crippen LogP contribution in [-0.4, -0.2) is 59.3 Å². The highest BCUT2D eigenvalue weighted by Crippen LogP contribution is 2.35. The van der Waals surface area contributed by atoms with Crippen molar-refractivity contribution in [2.45, 2.75) is 37.1 Å². The highest BCUT2D eigenvalue weighted by atomic mass is 35.5. The molecule has 1 unspecified atom stereocenters. The Labute approximate surface area is 208 Å². The van der Waals surface area contributed by atoms with E-state index in [2.05, 4.69) is 4.90 Å². The average Bonchev–Trinajstić information content (AvgIpc) is 2.87. The van der Waals surface area contributed by atoms with Crippen molar-refractivity contribution in [3.8, 4) is 0 Å². The van der Waals surface area contributed by atoms with E-state index < -0.39 is 10.0 Å². The molecule has 0 bridgehead atoms. The molecule has 0 aliphatic carbocycles. The minimum atomic E-state index is -3.79. The third kappa shape index (κ3) is 6.13. The van der Waals surface area contributed by atoms with Gasteiger partial charge in [-0.15, -0.1) is 0 Å². The lowest BCUT2D eigenvalue weighted by Crippen LogP contribution is -2.40. The zero-order valence-corrected chi connectivity index (χ0v) is 21.4. The summed E-state index contributed by atoms with van der Waals surface area (Å²) in [6.45, 7) is 4.51. The summed E-state index contributed by atoms with van der Waals surface area (Å²) < 4.78 is 39.3. The Balaban J connectivity index is 1.52. The summed E-state index contributed by atoms with van der Waals surface area (Å²) >= 11 is 6.62. The molecule has 2 saturated heterocycles. The van der Waals surface area contributed by atoms with Crippen LogP contribution in [0, 0.1) is 11.8 Å². The van der Waals surface area contributed by atoms with Gasteiger partial charge in [0, 0.05) is 52.2 Å². The lowest BCUT2D eigenvalue weighted by atomic mass is 9.81. The van der Waals surface area contributed by atoms with Crippen LogP contribution in [-0.2, 0) is 26.0 Å². The molecule has 2 aliphatic rings. The van der Waals surface area contributed by atoms with E-state index in [0.29, 0.717) is 18.4 Å². The van der Waals surface area contributed by atoms with Crippen LogP contribution in [0.3, 0.4) is 0 Å². The van der Waals surface area contributed by atoms with E-state index in [4.69, 9.17) is 21.1 Å². The highest BCUT2D eigenvalue weighted by molar-refractivity contribution is 7.89. The van der Waals surface area contributed by atoms with Crippen LogP contribution < -0.4 is 4.90 Å². The normalized spacial score (nSPS) is 20.1. The van der Waals surface area contributed by atoms with Crippen LogP contribution in [0.4, 0.5) is 5.69 Å². The summed E-state index contributed by atoms with van der Waals surface area (Å²) in [6, 6.07) is 15.0. The molecule has 186 valence electrons. The third-order valence-electron chi connectivity index (χ3n) is 7.04. The molecule has 0 aromatic heterocycles. The molecule has 1 atom stereocenters. The van der Waals surface area contributed by atoms with Crippen molar-refractivity contribution >= 4 is 27.3 Å². The van der Waals surface area contributed by atoms with Crippen molar-refractivity contribution in [3.63, 3.8) is 0 Å². The number of sulfonamides is 1. The van der Waals surface area contributed by atoms with Crippen molar-refractivity contribution in [3.05, 3.63) is 59.1 Å². The van der Waals surface area contributed by atoms with E-state index in [-0.39, 0.29) is 23.0 Å². The second-order valence-corrected chi connectivity index (χ2v) is 11.5. The second-order valence-electron chi connectivity index (χ2n) is 9.23. The maximum atomic E-state index is 13.6. The van der Waals surface area contributed by atoms with Gasteiger partial charge in [0.25, 0.3) is 0 Å². The van der Waals surface area contributed by atoms with E-state index in [0.717, 1.165) is 56.8 Å². The minimum absolute atomic E-state index is 0.142. The van der Waals surface area contributed by atoms with Gasteiger partial charge in [0.15, 0.2) is 0 Å². The molecule has 2 fully saturated rings. The Morgan fingerprint density at radius 1 is 1.09 bits per heavy atom. The van der Waals surface area contributed by atoms with E-state index in [1.807, 2.05) is 42.5 Å². The molecule has 8 heteroatoms. The van der Waals surface area contributed by atoms with E-state index >= 15 is 0 Å². The van der Waals surface area contributed by atoms with Crippen LogP contribution in [0.2, 0.25) is 5.02 Å². The van der Waals surface area contributed by atoms with E-state index in [9.17, 15) is 8.42 Å². The molecule has 34 heavy (non-hydrogen) atoms. The van der Waals surface area contributed by atoms with Crippen molar-refractivity contribution < 1.29 is 17.9 Å². The van der Waals surface area contributed by atoms with Gasteiger partial charge >= 0.3 is 0 Å². The molecule has 0 amide bonds. The Bertz CT molecular complexity index is 1030. The number of halogens is 1. The maximum Gasteiger partial charge on any atom is 0.244 e. The zero-order chi connectivity index (χ0) is 24.0. The number of rotatable bonds is 9. The first-order chi connectivity index (χ1) is 16.5. The van der Waals surface area contributed by atoms with Crippen LogP contribution in [0.25, 0.3) is 0 Å². The number of piperidine rings is 1. The van der Waals surface area contributed by atoms with Crippen LogP contribution in [0.15, 0.2) is 53.4 Å². The van der Waals surface area contributed by atoms with Gasteiger partial charge in [-0.2, -0.15) is 4.31 Å². The molecular formula is C26H35ClN2O4S. The monoisotopic (exact) mass is 506 g/mol. The molecule has 0 radical (unpaired) electrons. The van der Waals surface area contributed by atoms with Gasteiger partial charge < -0.3 is 14.4 Å². The maximum absolute atomic E-state index is 13.6. The van der Waals surface area contributed by atoms with E-state index in [1.54, 1.807) is 13.2 Å². The van der Waals surface area contributed by atoms with Gasteiger partial charge in [0.1, 0.15) is 4.90 Å². The molecule has 0 N–H and O–H groups in total. The number of hydrogen-bond donors (Lipinski definition) is 0. The number of anilines is 1. The Hall–Kier alpha value is -1.64.